The Balaban J connectivity index is 1.85. The van der Waals surface area contributed by atoms with Crippen molar-refractivity contribution in [2.24, 2.45) is 0 Å². The molecule has 1 saturated heterocycles. The van der Waals surface area contributed by atoms with Crippen molar-refractivity contribution in [1.29, 1.82) is 0 Å². The lowest BCUT2D eigenvalue weighted by Gasteiger charge is -2.31. The van der Waals surface area contributed by atoms with E-state index in [1.54, 1.807) is 11.3 Å². The number of likely N-dealkylation sites (tertiary alicyclic amines) is 1. The van der Waals surface area contributed by atoms with E-state index in [0.717, 1.165) is 25.9 Å². The van der Waals surface area contributed by atoms with Crippen molar-refractivity contribution in [3.8, 4) is 0 Å². The predicted molar refractivity (Wildman–Crippen MR) is 66.9 cm³/mol. The minimum atomic E-state index is 0.0891. The van der Waals surface area contributed by atoms with E-state index >= 15 is 0 Å². The molecule has 0 radical (unpaired) electrons. The number of nitrogens with zero attached hydrogens (tertiary/aromatic N) is 1. The van der Waals surface area contributed by atoms with Crippen LogP contribution in [-0.2, 0) is 0 Å². The molecule has 1 N–H and O–H groups in total. The highest BCUT2D eigenvalue weighted by molar-refractivity contribution is 7.07. The number of hydrogen-bond acceptors (Lipinski definition) is 2. The molecule has 2 rings (SSSR count). The molecule has 4 heteroatoms. The Morgan fingerprint density at radius 1 is 1.56 bits per heavy atom. The molecule has 3 nitrogen and oxygen atoms in total. The normalized spacial score (nSPS) is 17.4. The van der Waals surface area contributed by atoms with Crippen LogP contribution in [-0.4, -0.2) is 30.6 Å². The molecule has 0 aromatic carbocycles. The predicted octanol–water partition coefficient (Wildman–Crippen LogP) is 2.66. The highest BCUT2D eigenvalue weighted by Gasteiger charge is 2.23. The Kier molecular flexibility index (Phi) is 3.83. The number of piperidine rings is 1. The van der Waals surface area contributed by atoms with E-state index in [9.17, 15) is 4.79 Å². The second kappa shape index (κ2) is 5.34. The number of nitrogens with one attached hydrogen (secondary N) is 1. The molecular weight excluding hydrogens is 220 g/mol. The average molecular weight is 238 g/mol. The zero-order chi connectivity index (χ0) is 11.4. The average Bonchev–Trinajstić information content (AvgIpc) is 2.83. The maximum absolute atomic E-state index is 11.6. The van der Waals surface area contributed by atoms with Crippen molar-refractivity contribution in [2.45, 2.75) is 25.7 Å². The van der Waals surface area contributed by atoms with Crippen molar-refractivity contribution >= 4 is 17.4 Å². The lowest BCUT2D eigenvalue weighted by atomic mass is 9.91. The van der Waals surface area contributed by atoms with Gasteiger partial charge in [-0.3, -0.25) is 0 Å². The van der Waals surface area contributed by atoms with Crippen molar-refractivity contribution < 1.29 is 4.79 Å². The fraction of sp³-hybridized carbons (Fsp3) is 0.583. The molecule has 0 spiro atoms. The minimum absolute atomic E-state index is 0.0891. The van der Waals surface area contributed by atoms with Gasteiger partial charge in [-0.2, -0.15) is 11.3 Å². The summed E-state index contributed by atoms with van der Waals surface area (Å²) in [6, 6.07) is 2.29. The maximum atomic E-state index is 11.6. The zero-order valence-electron chi connectivity index (χ0n) is 9.61. The molecule has 88 valence electrons. The van der Waals surface area contributed by atoms with E-state index in [1.807, 2.05) is 11.8 Å². The molecule has 1 aromatic heterocycles. The summed E-state index contributed by atoms with van der Waals surface area (Å²) in [5.41, 5.74) is 1.44. The first-order chi connectivity index (χ1) is 7.81. The van der Waals surface area contributed by atoms with Crippen molar-refractivity contribution in [1.82, 2.24) is 10.2 Å². The summed E-state index contributed by atoms with van der Waals surface area (Å²) in [7, 11) is 0. The van der Waals surface area contributed by atoms with Crippen molar-refractivity contribution in [3.63, 3.8) is 0 Å². The monoisotopic (exact) mass is 238 g/mol. The van der Waals surface area contributed by atoms with Crippen LogP contribution in [0, 0.1) is 0 Å². The molecule has 1 fully saturated rings. The molecule has 0 atom stereocenters. The Morgan fingerprint density at radius 3 is 2.88 bits per heavy atom. The smallest absolute Gasteiger partial charge is 0.317 e. The van der Waals surface area contributed by atoms with Gasteiger partial charge in [-0.1, -0.05) is 0 Å². The van der Waals surface area contributed by atoms with Crippen LogP contribution in [0.5, 0.6) is 0 Å². The van der Waals surface area contributed by atoms with Crippen LogP contribution >= 0.6 is 11.3 Å². The molecule has 1 aliphatic heterocycles. The van der Waals surface area contributed by atoms with Gasteiger partial charge in [-0.05, 0) is 48.1 Å². The SMILES string of the molecule is CCNC(=O)N1CCC(c2ccsc2)CC1. The Morgan fingerprint density at radius 2 is 2.31 bits per heavy atom. The van der Waals surface area contributed by atoms with Crippen LogP contribution in [0.4, 0.5) is 4.79 Å². The number of carbonyl (C=O) groups excluding carboxylic acids is 1. The number of carbonyl (C=O) groups is 1. The summed E-state index contributed by atoms with van der Waals surface area (Å²) < 4.78 is 0. The number of amides is 2. The molecule has 0 aliphatic carbocycles. The minimum Gasteiger partial charge on any atom is -0.338 e. The van der Waals surface area contributed by atoms with Crippen molar-refractivity contribution in [2.75, 3.05) is 19.6 Å². The van der Waals surface area contributed by atoms with Gasteiger partial charge in [0.05, 0.1) is 0 Å². The molecule has 1 aromatic rings. The van der Waals surface area contributed by atoms with Gasteiger partial charge in [0.25, 0.3) is 0 Å². The number of urea groups is 1. The fourth-order valence-corrected chi connectivity index (χ4v) is 2.93. The van der Waals surface area contributed by atoms with Gasteiger partial charge in [-0.15, -0.1) is 0 Å². The number of rotatable bonds is 2. The van der Waals surface area contributed by atoms with Gasteiger partial charge in [0.1, 0.15) is 0 Å². The fourth-order valence-electron chi connectivity index (χ4n) is 2.19. The highest BCUT2D eigenvalue weighted by atomic mass is 32.1. The largest absolute Gasteiger partial charge is 0.338 e. The molecule has 2 heterocycles. The van der Waals surface area contributed by atoms with Crippen LogP contribution in [0.2, 0.25) is 0 Å². The van der Waals surface area contributed by atoms with E-state index < -0.39 is 0 Å². The van der Waals surface area contributed by atoms with Crippen LogP contribution in [0.25, 0.3) is 0 Å². The highest BCUT2D eigenvalue weighted by Crippen LogP contribution is 2.29. The van der Waals surface area contributed by atoms with Gasteiger partial charge >= 0.3 is 6.03 Å². The summed E-state index contributed by atoms with van der Waals surface area (Å²) in [6.07, 6.45) is 2.18. The molecule has 16 heavy (non-hydrogen) atoms. The lowest BCUT2D eigenvalue weighted by molar-refractivity contribution is 0.182. The molecule has 0 saturated carbocycles. The Bertz CT molecular complexity index is 329. The standard InChI is InChI=1S/C12H18N2OS/c1-2-13-12(15)14-6-3-10(4-7-14)11-5-8-16-9-11/h5,8-10H,2-4,6-7H2,1H3,(H,13,15). The molecule has 0 unspecified atom stereocenters. The van der Waals surface area contributed by atoms with Crippen LogP contribution < -0.4 is 5.32 Å². The van der Waals surface area contributed by atoms with E-state index in [1.165, 1.54) is 5.56 Å². The van der Waals surface area contributed by atoms with Crippen LogP contribution in [0.15, 0.2) is 16.8 Å². The number of thiophene rings is 1. The molecule has 1 aliphatic rings. The number of hydrogen-bond donors (Lipinski definition) is 1. The third-order valence-corrected chi connectivity index (χ3v) is 3.83. The van der Waals surface area contributed by atoms with E-state index in [0.29, 0.717) is 12.5 Å². The summed E-state index contributed by atoms with van der Waals surface area (Å²) in [4.78, 5) is 13.5. The van der Waals surface area contributed by atoms with Crippen LogP contribution in [0.3, 0.4) is 0 Å². The molecule has 0 bridgehead atoms. The van der Waals surface area contributed by atoms with E-state index in [2.05, 4.69) is 22.1 Å². The topological polar surface area (TPSA) is 32.3 Å². The third-order valence-electron chi connectivity index (χ3n) is 3.12. The van der Waals surface area contributed by atoms with Crippen LogP contribution in [0.1, 0.15) is 31.2 Å². The summed E-state index contributed by atoms with van der Waals surface area (Å²) in [6.45, 7) is 4.43. The summed E-state index contributed by atoms with van der Waals surface area (Å²) >= 11 is 1.76. The first-order valence-electron chi connectivity index (χ1n) is 5.86. The summed E-state index contributed by atoms with van der Waals surface area (Å²) in [5.74, 6) is 0.650. The molecular formula is C12H18N2OS. The van der Waals surface area contributed by atoms with Gasteiger partial charge in [-0.25, -0.2) is 4.79 Å². The second-order valence-electron chi connectivity index (χ2n) is 4.15. The maximum Gasteiger partial charge on any atom is 0.317 e. The first kappa shape index (κ1) is 11.5. The quantitative estimate of drug-likeness (QED) is 0.844. The van der Waals surface area contributed by atoms with Gasteiger partial charge < -0.3 is 10.2 Å². The van der Waals surface area contributed by atoms with Crippen molar-refractivity contribution in [3.05, 3.63) is 22.4 Å². The van der Waals surface area contributed by atoms with Gasteiger partial charge in [0, 0.05) is 19.6 Å². The summed E-state index contributed by atoms with van der Waals surface area (Å²) in [5, 5.41) is 7.21. The Hall–Kier alpha value is -1.03. The first-order valence-corrected chi connectivity index (χ1v) is 6.80. The second-order valence-corrected chi connectivity index (χ2v) is 4.93. The van der Waals surface area contributed by atoms with E-state index in [-0.39, 0.29) is 6.03 Å². The Labute approximate surface area is 100 Å². The lowest BCUT2D eigenvalue weighted by Crippen LogP contribution is -2.43. The van der Waals surface area contributed by atoms with E-state index in [4.69, 9.17) is 0 Å². The molecule has 2 amide bonds. The zero-order valence-corrected chi connectivity index (χ0v) is 10.4. The van der Waals surface area contributed by atoms with Gasteiger partial charge in [0.15, 0.2) is 0 Å². The third kappa shape index (κ3) is 2.55. The van der Waals surface area contributed by atoms with Gasteiger partial charge in [0.2, 0.25) is 0 Å².